The van der Waals surface area contributed by atoms with Crippen LogP contribution in [0.4, 0.5) is 0 Å². The Morgan fingerprint density at radius 2 is 1.83 bits per heavy atom. The summed E-state index contributed by atoms with van der Waals surface area (Å²) in [6, 6.07) is 0. The van der Waals surface area contributed by atoms with E-state index < -0.39 is 0 Å². The molecule has 0 heterocycles. The van der Waals surface area contributed by atoms with Gasteiger partial charge in [-0.3, -0.25) is 9.59 Å². The smallest absolute Gasteiger partial charge is 0.205 e. The topological polar surface area (TPSA) is 34.1 Å². The second kappa shape index (κ2) is 1.81. The molecule has 0 aromatic rings. The van der Waals surface area contributed by atoms with Crippen molar-refractivity contribution in [2.75, 3.05) is 0 Å². The number of fused-ring (bicyclic) bond motifs is 2. The number of rotatable bonds is 0. The summed E-state index contributed by atoms with van der Waals surface area (Å²) in [4.78, 5) is 23.0. The zero-order valence-electron chi connectivity index (χ0n) is 7.81. The third-order valence-electron chi connectivity index (χ3n) is 4.27. The van der Waals surface area contributed by atoms with Crippen LogP contribution in [0.3, 0.4) is 0 Å². The number of Topliss-reactive ketones (excluding diaryl/α,β-unsaturated/α-hetero) is 2. The second-order valence-corrected chi connectivity index (χ2v) is 4.84. The van der Waals surface area contributed by atoms with Crippen LogP contribution < -0.4 is 0 Å². The molecule has 2 bridgehead atoms. The molecule has 2 fully saturated rings. The van der Waals surface area contributed by atoms with E-state index in [-0.39, 0.29) is 28.3 Å². The van der Waals surface area contributed by atoms with E-state index in [1.165, 1.54) is 0 Å². The SMILES string of the molecule is CC12CC[C@@H](C(=O)C1=O)C2(C)C. The molecule has 2 aliphatic carbocycles. The normalized spacial score (nSPS) is 44.1. The highest BCUT2D eigenvalue weighted by molar-refractivity contribution is 6.43. The Bertz CT molecular complexity index is 278. The number of carbonyl (C=O) groups is 2. The number of hydrogen-bond donors (Lipinski definition) is 0. The van der Waals surface area contributed by atoms with Crippen molar-refractivity contribution >= 4 is 11.6 Å². The van der Waals surface area contributed by atoms with Crippen molar-refractivity contribution in [1.82, 2.24) is 0 Å². The first-order valence-electron chi connectivity index (χ1n) is 4.50. The van der Waals surface area contributed by atoms with Crippen molar-refractivity contribution in [2.45, 2.75) is 33.6 Å². The highest BCUT2D eigenvalue weighted by atomic mass is 16.2. The maximum atomic E-state index is 11.6. The molecule has 12 heavy (non-hydrogen) atoms. The Balaban J connectivity index is 2.58. The van der Waals surface area contributed by atoms with Crippen molar-refractivity contribution in [3.8, 4) is 0 Å². The van der Waals surface area contributed by atoms with Crippen LogP contribution in [0, 0.1) is 16.7 Å². The molecule has 0 saturated heterocycles. The molecule has 2 saturated carbocycles. The van der Waals surface area contributed by atoms with E-state index in [0.717, 1.165) is 12.8 Å². The summed E-state index contributed by atoms with van der Waals surface area (Å²) in [5.74, 6) is -0.229. The van der Waals surface area contributed by atoms with Crippen molar-refractivity contribution in [3.05, 3.63) is 0 Å². The Labute approximate surface area is 72.3 Å². The first kappa shape index (κ1) is 7.96. The first-order chi connectivity index (χ1) is 5.41. The van der Waals surface area contributed by atoms with Crippen LogP contribution in [-0.2, 0) is 9.59 Å². The number of ketones is 2. The molecule has 0 radical (unpaired) electrons. The van der Waals surface area contributed by atoms with Gasteiger partial charge in [0.2, 0.25) is 11.6 Å². The molecule has 0 amide bonds. The van der Waals surface area contributed by atoms with Crippen LogP contribution >= 0.6 is 0 Å². The lowest BCUT2D eigenvalue weighted by atomic mass is 9.70. The van der Waals surface area contributed by atoms with Crippen LogP contribution in [0.1, 0.15) is 33.6 Å². The quantitative estimate of drug-likeness (QED) is 0.512. The maximum Gasteiger partial charge on any atom is 0.205 e. The van der Waals surface area contributed by atoms with Crippen LogP contribution in [-0.4, -0.2) is 11.6 Å². The summed E-state index contributed by atoms with van der Waals surface area (Å²) in [7, 11) is 0. The molecular formula is C10H14O2. The van der Waals surface area contributed by atoms with Crippen molar-refractivity contribution in [3.63, 3.8) is 0 Å². The highest BCUT2D eigenvalue weighted by Gasteiger charge is 2.66. The molecule has 2 rings (SSSR count). The third-order valence-corrected chi connectivity index (χ3v) is 4.27. The molecule has 0 N–H and O–H groups in total. The van der Waals surface area contributed by atoms with Crippen LogP contribution in [0.5, 0.6) is 0 Å². The summed E-state index contributed by atoms with van der Waals surface area (Å²) in [5.41, 5.74) is -0.448. The fourth-order valence-electron chi connectivity index (χ4n) is 2.80. The van der Waals surface area contributed by atoms with Gasteiger partial charge in [0.1, 0.15) is 0 Å². The zero-order valence-corrected chi connectivity index (χ0v) is 7.81. The van der Waals surface area contributed by atoms with Gasteiger partial charge in [0.25, 0.3) is 0 Å². The Hall–Kier alpha value is -0.660. The summed E-state index contributed by atoms with van der Waals surface area (Å²) in [5, 5.41) is 0. The van der Waals surface area contributed by atoms with E-state index in [1.54, 1.807) is 0 Å². The average Bonchev–Trinajstić information content (AvgIpc) is 2.26. The molecule has 1 unspecified atom stereocenters. The summed E-state index contributed by atoms with van der Waals surface area (Å²) >= 11 is 0. The lowest BCUT2D eigenvalue weighted by Gasteiger charge is -2.31. The first-order valence-corrected chi connectivity index (χ1v) is 4.50. The van der Waals surface area contributed by atoms with Crippen LogP contribution in [0.2, 0.25) is 0 Å². The van der Waals surface area contributed by atoms with Crippen molar-refractivity contribution in [2.24, 2.45) is 16.7 Å². The standard InChI is InChI=1S/C10H14O2/c1-9(2)6-4-5-10(9,3)8(12)7(6)11/h6H,4-5H2,1-3H3/t6-,10?/m0/s1. The minimum atomic E-state index is -0.352. The highest BCUT2D eigenvalue weighted by Crippen LogP contribution is 2.61. The minimum Gasteiger partial charge on any atom is -0.291 e. The third kappa shape index (κ3) is 0.551. The molecule has 0 spiro atoms. The monoisotopic (exact) mass is 166 g/mol. The van der Waals surface area contributed by atoms with Gasteiger partial charge < -0.3 is 0 Å². The number of carbonyl (C=O) groups excluding carboxylic acids is 2. The Morgan fingerprint density at radius 3 is 2.08 bits per heavy atom. The molecule has 2 atom stereocenters. The Kier molecular flexibility index (Phi) is 1.20. The van der Waals surface area contributed by atoms with Gasteiger partial charge in [0.05, 0.1) is 0 Å². The lowest BCUT2D eigenvalue weighted by Crippen LogP contribution is -2.33. The number of hydrogen-bond acceptors (Lipinski definition) is 2. The van der Waals surface area contributed by atoms with Gasteiger partial charge in [-0.25, -0.2) is 0 Å². The van der Waals surface area contributed by atoms with Gasteiger partial charge in [-0.2, -0.15) is 0 Å². The largest absolute Gasteiger partial charge is 0.291 e. The van der Waals surface area contributed by atoms with E-state index in [1.807, 2.05) is 20.8 Å². The molecule has 0 aromatic carbocycles. The lowest BCUT2D eigenvalue weighted by molar-refractivity contribution is -0.141. The summed E-state index contributed by atoms with van der Waals surface area (Å²) < 4.78 is 0. The minimum absolute atomic E-state index is 0.00926. The van der Waals surface area contributed by atoms with E-state index in [9.17, 15) is 9.59 Å². The van der Waals surface area contributed by atoms with Gasteiger partial charge in [0.15, 0.2) is 0 Å². The van der Waals surface area contributed by atoms with Gasteiger partial charge in [-0.1, -0.05) is 20.8 Å². The van der Waals surface area contributed by atoms with Crippen molar-refractivity contribution < 1.29 is 9.59 Å². The molecule has 66 valence electrons. The van der Waals surface area contributed by atoms with Gasteiger partial charge >= 0.3 is 0 Å². The summed E-state index contributed by atoms with van der Waals surface area (Å²) in [6.45, 7) is 6.04. The molecular weight excluding hydrogens is 152 g/mol. The predicted octanol–water partition coefficient (Wildman–Crippen LogP) is 1.58. The van der Waals surface area contributed by atoms with Crippen LogP contribution in [0.15, 0.2) is 0 Å². The molecule has 2 heteroatoms. The second-order valence-electron chi connectivity index (χ2n) is 4.84. The molecule has 0 aliphatic heterocycles. The van der Waals surface area contributed by atoms with Crippen molar-refractivity contribution in [1.29, 1.82) is 0 Å². The van der Waals surface area contributed by atoms with Crippen LogP contribution in [0.25, 0.3) is 0 Å². The maximum absolute atomic E-state index is 11.6. The zero-order chi connectivity index (χ0) is 9.15. The molecule has 2 aliphatic rings. The fourth-order valence-corrected chi connectivity index (χ4v) is 2.80. The van der Waals surface area contributed by atoms with Gasteiger partial charge in [-0.15, -0.1) is 0 Å². The van der Waals surface area contributed by atoms with E-state index in [2.05, 4.69) is 0 Å². The summed E-state index contributed by atoms with van der Waals surface area (Å²) in [6.07, 6.45) is 1.81. The molecule has 0 aromatic heterocycles. The van der Waals surface area contributed by atoms with E-state index >= 15 is 0 Å². The predicted molar refractivity (Wildman–Crippen MR) is 44.6 cm³/mol. The fraction of sp³-hybridized carbons (Fsp3) is 0.800. The van der Waals surface area contributed by atoms with E-state index in [4.69, 9.17) is 0 Å². The van der Waals surface area contributed by atoms with Gasteiger partial charge in [0, 0.05) is 11.3 Å². The average molecular weight is 166 g/mol. The van der Waals surface area contributed by atoms with Gasteiger partial charge in [-0.05, 0) is 18.3 Å². The van der Waals surface area contributed by atoms with E-state index in [0.29, 0.717) is 0 Å². The Morgan fingerprint density at radius 1 is 1.25 bits per heavy atom. The molecule has 2 nitrogen and oxygen atoms in total.